The van der Waals surface area contributed by atoms with E-state index in [4.69, 9.17) is 4.74 Å². The van der Waals surface area contributed by atoms with Gasteiger partial charge in [0.2, 0.25) is 0 Å². The average Bonchev–Trinajstić information content (AvgIpc) is 2.81. The number of hydrogen-bond acceptors (Lipinski definition) is 1. The predicted molar refractivity (Wildman–Crippen MR) is 82.3 cm³/mol. The van der Waals surface area contributed by atoms with Crippen molar-refractivity contribution in [1.82, 2.24) is 0 Å². The molecule has 1 nitrogen and oxygen atoms in total. The van der Waals surface area contributed by atoms with E-state index in [-0.39, 0.29) is 0 Å². The Balaban J connectivity index is 2.19. The van der Waals surface area contributed by atoms with Crippen molar-refractivity contribution in [2.24, 2.45) is 0 Å². The van der Waals surface area contributed by atoms with Gasteiger partial charge in [0.05, 0.1) is 12.7 Å². The van der Waals surface area contributed by atoms with Crippen LogP contribution in [0.2, 0.25) is 0 Å². The largest absolute Gasteiger partial charge is 0.369 e. The van der Waals surface area contributed by atoms with Gasteiger partial charge < -0.3 is 4.74 Å². The van der Waals surface area contributed by atoms with E-state index < -0.39 is 0 Å². The second-order valence-electron chi connectivity index (χ2n) is 5.77. The van der Waals surface area contributed by atoms with Crippen molar-refractivity contribution in [2.45, 2.75) is 71.3 Å². The summed E-state index contributed by atoms with van der Waals surface area (Å²) >= 11 is 0. The molecule has 0 saturated heterocycles. The van der Waals surface area contributed by atoms with E-state index in [1.807, 2.05) is 0 Å². The zero-order valence-electron chi connectivity index (χ0n) is 12.6. The highest BCUT2D eigenvalue weighted by Crippen LogP contribution is 2.37. The number of allylic oxidation sites excluding steroid dienone is 2. The second-order valence-corrected chi connectivity index (χ2v) is 5.77. The van der Waals surface area contributed by atoms with Gasteiger partial charge >= 0.3 is 0 Å². The van der Waals surface area contributed by atoms with Crippen molar-refractivity contribution in [1.29, 1.82) is 0 Å². The van der Waals surface area contributed by atoms with E-state index in [9.17, 15) is 0 Å². The van der Waals surface area contributed by atoms with Crippen LogP contribution in [0.4, 0.5) is 0 Å². The molecule has 1 aliphatic carbocycles. The second kappa shape index (κ2) is 7.09. The minimum Gasteiger partial charge on any atom is -0.369 e. The molecule has 2 aliphatic rings. The van der Waals surface area contributed by atoms with Crippen LogP contribution in [0.25, 0.3) is 0 Å². The highest BCUT2D eigenvalue weighted by Gasteiger charge is 2.27. The van der Waals surface area contributed by atoms with Gasteiger partial charge in [0, 0.05) is 0 Å². The van der Waals surface area contributed by atoms with Crippen LogP contribution >= 0.6 is 0 Å². The Bertz CT molecular complexity index is 386. The summed E-state index contributed by atoms with van der Waals surface area (Å²) in [5.74, 6) is 0. The molecule has 0 N–H and O–H groups in total. The molecule has 0 bridgehead atoms. The van der Waals surface area contributed by atoms with Gasteiger partial charge in [-0.25, -0.2) is 0 Å². The maximum absolute atomic E-state index is 5.94. The highest BCUT2D eigenvalue weighted by atomic mass is 16.5. The van der Waals surface area contributed by atoms with Gasteiger partial charge in [-0.1, -0.05) is 39.3 Å². The molecule has 2 rings (SSSR count). The Kier molecular flexibility index (Phi) is 5.45. The summed E-state index contributed by atoms with van der Waals surface area (Å²) in [5, 5.41) is 0. The lowest BCUT2D eigenvalue weighted by molar-refractivity contribution is 0.115. The SMILES string of the molecule is C=C1C2=C(CCCC/C1=C\CCCC)[C@H](CC)OC2. The van der Waals surface area contributed by atoms with Gasteiger partial charge in [-0.3, -0.25) is 0 Å². The van der Waals surface area contributed by atoms with Gasteiger partial charge in [-0.05, 0) is 60.8 Å². The van der Waals surface area contributed by atoms with Gasteiger partial charge in [-0.2, -0.15) is 0 Å². The maximum Gasteiger partial charge on any atom is 0.0793 e. The van der Waals surface area contributed by atoms with Crippen molar-refractivity contribution in [2.75, 3.05) is 6.61 Å². The molecule has 1 atom stereocenters. The first kappa shape index (κ1) is 14.6. The van der Waals surface area contributed by atoms with E-state index in [1.54, 1.807) is 5.57 Å². The molecule has 0 aromatic heterocycles. The number of ether oxygens (including phenoxy) is 1. The summed E-state index contributed by atoms with van der Waals surface area (Å²) in [5.41, 5.74) is 5.74. The predicted octanol–water partition coefficient (Wildman–Crippen LogP) is 5.34. The first-order chi connectivity index (χ1) is 9.27. The molecule has 0 aromatic rings. The third-order valence-electron chi connectivity index (χ3n) is 4.42. The molecule has 1 heterocycles. The average molecular weight is 260 g/mol. The van der Waals surface area contributed by atoms with E-state index in [0.717, 1.165) is 13.0 Å². The van der Waals surface area contributed by atoms with Gasteiger partial charge in [0.15, 0.2) is 0 Å². The van der Waals surface area contributed by atoms with Crippen LogP contribution in [0.1, 0.15) is 65.2 Å². The zero-order chi connectivity index (χ0) is 13.7. The summed E-state index contributed by atoms with van der Waals surface area (Å²) in [4.78, 5) is 0. The molecule has 19 heavy (non-hydrogen) atoms. The lowest BCUT2D eigenvalue weighted by atomic mass is 9.85. The molecule has 0 saturated carbocycles. The van der Waals surface area contributed by atoms with Crippen LogP contribution in [-0.2, 0) is 4.74 Å². The molecule has 1 heteroatoms. The number of unbranched alkanes of at least 4 members (excludes halogenated alkanes) is 2. The van der Waals surface area contributed by atoms with Gasteiger partial charge in [-0.15, -0.1) is 0 Å². The maximum atomic E-state index is 5.94. The van der Waals surface area contributed by atoms with Gasteiger partial charge in [0.25, 0.3) is 0 Å². The Morgan fingerprint density at radius 1 is 1.26 bits per heavy atom. The number of rotatable bonds is 4. The summed E-state index contributed by atoms with van der Waals surface area (Å²) in [6.07, 6.45) is 12.7. The van der Waals surface area contributed by atoms with Crippen molar-refractivity contribution >= 4 is 0 Å². The van der Waals surface area contributed by atoms with E-state index in [1.165, 1.54) is 61.7 Å². The first-order valence-electron chi connectivity index (χ1n) is 8.00. The van der Waals surface area contributed by atoms with E-state index in [2.05, 4.69) is 26.5 Å². The fraction of sp³-hybridized carbons (Fsp3) is 0.667. The molecule has 0 amide bonds. The fourth-order valence-corrected chi connectivity index (χ4v) is 3.21. The summed E-state index contributed by atoms with van der Waals surface area (Å²) < 4.78 is 5.94. The molecule has 0 unspecified atom stereocenters. The molecule has 0 fully saturated rings. The Hall–Kier alpha value is -0.820. The molecule has 0 aromatic carbocycles. The van der Waals surface area contributed by atoms with Crippen molar-refractivity contribution in [3.8, 4) is 0 Å². The monoisotopic (exact) mass is 260 g/mol. The Labute approximate surface area is 118 Å². The van der Waals surface area contributed by atoms with E-state index >= 15 is 0 Å². The Morgan fingerprint density at radius 2 is 2.05 bits per heavy atom. The first-order valence-corrected chi connectivity index (χ1v) is 8.00. The third-order valence-corrected chi connectivity index (χ3v) is 4.42. The minimum atomic E-state index is 0.363. The fourth-order valence-electron chi connectivity index (χ4n) is 3.21. The summed E-state index contributed by atoms with van der Waals surface area (Å²) in [7, 11) is 0. The van der Waals surface area contributed by atoms with Gasteiger partial charge in [0.1, 0.15) is 0 Å². The minimum absolute atomic E-state index is 0.363. The van der Waals surface area contributed by atoms with Crippen LogP contribution in [0.5, 0.6) is 0 Å². The van der Waals surface area contributed by atoms with Crippen LogP contribution < -0.4 is 0 Å². The zero-order valence-corrected chi connectivity index (χ0v) is 12.6. The van der Waals surface area contributed by atoms with Crippen molar-refractivity contribution < 1.29 is 4.74 Å². The van der Waals surface area contributed by atoms with Crippen molar-refractivity contribution in [3.05, 3.63) is 34.9 Å². The van der Waals surface area contributed by atoms with E-state index in [0.29, 0.717) is 6.10 Å². The number of hydrogen-bond donors (Lipinski definition) is 0. The third kappa shape index (κ3) is 3.39. The van der Waals surface area contributed by atoms with Crippen LogP contribution in [0.15, 0.2) is 34.9 Å². The lowest BCUT2D eigenvalue weighted by Crippen LogP contribution is -2.09. The topological polar surface area (TPSA) is 9.23 Å². The van der Waals surface area contributed by atoms with Crippen LogP contribution in [0, 0.1) is 0 Å². The molecule has 1 aliphatic heterocycles. The van der Waals surface area contributed by atoms with Crippen molar-refractivity contribution in [3.63, 3.8) is 0 Å². The lowest BCUT2D eigenvalue weighted by Gasteiger charge is -2.19. The molecule has 0 radical (unpaired) electrons. The Morgan fingerprint density at radius 3 is 2.79 bits per heavy atom. The standard InChI is InChI=1S/C18H28O/c1-4-6-7-10-15-11-8-9-12-16-17(14(15)3)13-19-18(16)5-2/h10,18H,3-9,11-13H2,1-2H3/b15-10+/t18-/m0/s1. The summed E-state index contributed by atoms with van der Waals surface area (Å²) in [6.45, 7) is 9.65. The normalized spacial score (nSPS) is 26.5. The highest BCUT2D eigenvalue weighted by molar-refractivity contribution is 5.50. The summed E-state index contributed by atoms with van der Waals surface area (Å²) in [6, 6.07) is 0. The van der Waals surface area contributed by atoms with Crippen LogP contribution in [0.3, 0.4) is 0 Å². The molecular weight excluding hydrogens is 232 g/mol. The molecular formula is C18H28O. The molecule has 0 spiro atoms. The smallest absolute Gasteiger partial charge is 0.0793 e. The quantitative estimate of drug-likeness (QED) is 0.620. The molecule has 106 valence electrons. The van der Waals surface area contributed by atoms with Crippen LogP contribution in [-0.4, -0.2) is 12.7 Å².